The number of amides is 1. The van der Waals surface area contributed by atoms with E-state index in [-0.39, 0.29) is 5.91 Å². The van der Waals surface area contributed by atoms with Crippen molar-refractivity contribution in [2.24, 2.45) is 11.8 Å². The van der Waals surface area contributed by atoms with E-state index in [1.54, 1.807) is 7.05 Å². The van der Waals surface area contributed by atoms with E-state index in [0.29, 0.717) is 6.04 Å². The summed E-state index contributed by atoms with van der Waals surface area (Å²) in [6, 6.07) is 8.49. The van der Waals surface area contributed by atoms with Gasteiger partial charge in [-0.25, -0.2) is 0 Å². The fourth-order valence-electron chi connectivity index (χ4n) is 3.28. The van der Waals surface area contributed by atoms with Crippen LogP contribution in [0.4, 0.5) is 0 Å². The third-order valence-electron chi connectivity index (χ3n) is 4.76. The minimum Gasteiger partial charge on any atom is -0.355 e. The van der Waals surface area contributed by atoms with Gasteiger partial charge in [-0.05, 0) is 42.4 Å². The summed E-state index contributed by atoms with van der Waals surface area (Å²) in [6.45, 7) is 5.55. The number of hydrogen-bond acceptors (Lipinski definition) is 2. The molecule has 110 valence electrons. The van der Waals surface area contributed by atoms with E-state index in [2.05, 4.69) is 24.5 Å². The summed E-state index contributed by atoms with van der Waals surface area (Å²) in [5.74, 6) is 1.62. The molecule has 3 nitrogen and oxygen atoms in total. The van der Waals surface area contributed by atoms with Gasteiger partial charge in [0, 0.05) is 25.2 Å². The number of rotatable bonds is 5. The second-order valence-electron chi connectivity index (χ2n) is 5.87. The van der Waals surface area contributed by atoms with Crippen LogP contribution >= 0.6 is 0 Å². The van der Waals surface area contributed by atoms with E-state index in [9.17, 15) is 4.79 Å². The molecule has 2 N–H and O–H groups in total. The van der Waals surface area contributed by atoms with Crippen molar-refractivity contribution in [3.8, 4) is 0 Å². The van der Waals surface area contributed by atoms with E-state index in [1.807, 2.05) is 24.3 Å². The third-order valence-corrected chi connectivity index (χ3v) is 4.76. The highest BCUT2D eigenvalue weighted by atomic mass is 16.1. The molecule has 2 rings (SSSR count). The standard InChI is InChI=1S/C17H26N2O/c1-4-14-9-10-16(12(14)2)19-11-13-5-7-15(8-6-13)17(20)18-3/h5-8,12,14,16,19H,4,9-11H2,1-3H3,(H,18,20). The molecule has 1 aromatic rings. The Morgan fingerprint density at radius 2 is 1.95 bits per heavy atom. The Morgan fingerprint density at radius 3 is 2.50 bits per heavy atom. The molecule has 0 spiro atoms. The fourth-order valence-corrected chi connectivity index (χ4v) is 3.28. The zero-order valence-corrected chi connectivity index (χ0v) is 12.8. The van der Waals surface area contributed by atoms with Crippen LogP contribution in [0.2, 0.25) is 0 Å². The quantitative estimate of drug-likeness (QED) is 0.866. The molecule has 0 aliphatic heterocycles. The van der Waals surface area contributed by atoms with Crippen LogP contribution in [0.3, 0.4) is 0 Å². The van der Waals surface area contributed by atoms with E-state index in [0.717, 1.165) is 23.9 Å². The Morgan fingerprint density at radius 1 is 1.25 bits per heavy atom. The maximum atomic E-state index is 11.5. The molecule has 3 atom stereocenters. The maximum Gasteiger partial charge on any atom is 0.251 e. The van der Waals surface area contributed by atoms with Crippen molar-refractivity contribution in [2.75, 3.05) is 7.05 Å². The van der Waals surface area contributed by atoms with Gasteiger partial charge in [0.15, 0.2) is 0 Å². The Labute approximate surface area is 122 Å². The molecular weight excluding hydrogens is 248 g/mol. The largest absolute Gasteiger partial charge is 0.355 e. The van der Waals surface area contributed by atoms with Crippen molar-refractivity contribution in [3.05, 3.63) is 35.4 Å². The molecule has 3 unspecified atom stereocenters. The lowest BCUT2D eigenvalue weighted by Gasteiger charge is -2.21. The Kier molecular flexibility index (Phi) is 5.18. The number of carbonyl (C=O) groups excluding carboxylic acids is 1. The van der Waals surface area contributed by atoms with Gasteiger partial charge in [0.2, 0.25) is 0 Å². The number of nitrogens with one attached hydrogen (secondary N) is 2. The molecule has 0 radical (unpaired) electrons. The van der Waals surface area contributed by atoms with Gasteiger partial charge in [0.05, 0.1) is 0 Å². The van der Waals surface area contributed by atoms with Crippen LogP contribution in [0.1, 0.15) is 49.0 Å². The van der Waals surface area contributed by atoms with Crippen molar-refractivity contribution in [1.82, 2.24) is 10.6 Å². The van der Waals surface area contributed by atoms with Crippen LogP contribution in [-0.2, 0) is 6.54 Å². The van der Waals surface area contributed by atoms with Crippen LogP contribution in [-0.4, -0.2) is 19.0 Å². The van der Waals surface area contributed by atoms with Crippen molar-refractivity contribution in [2.45, 2.75) is 45.7 Å². The zero-order chi connectivity index (χ0) is 14.5. The second-order valence-corrected chi connectivity index (χ2v) is 5.87. The van der Waals surface area contributed by atoms with Gasteiger partial charge >= 0.3 is 0 Å². The molecule has 1 amide bonds. The van der Waals surface area contributed by atoms with Crippen LogP contribution in [0.15, 0.2) is 24.3 Å². The van der Waals surface area contributed by atoms with E-state index in [1.165, 1.54) is 24.8 Å². The molecule has 0 bridgehead atoms. The first-order chi connectivity index (χ1) is 9.65. The monoisotopic (exact) mass is 274 g/mol. The number of carbonyl (C=O) groups is 1. The Bertz CT molecular complexity index is 441. The lowest BCUT2D eigenvalue weighted by molar-refractivity contribution is 0.0963. The van der Waals surface area contributed by atoms with Crippen molar-refractivity contribution in [3.63, 3.8) is 0 Å². The summed E-state index contributed by atoms with van der Waals surface area (Å²) >= 11 is 0. The van der Waals surface area contributed by atoms with Gasteiger partial charge in [-0.15, -0.1) is 0 Å². The van der Waals surface area contributed by atoms with Gasteiger partial charge in [0.1, 0.15) is 0 Å². The molecule has 3 heteroatoms. The predicted octanol–water partition coefficient (Wildman–Crippen LogP) is 2.96. The van der Waals surface area contributed by atoms with Gasteiger partial charge in [0.25, 0.3) is 5.91 Å². The van der Waals surface area contributed by atoms with Crippen LogP contribution in [0.25, 0.3) is 0 Å². The average molecular weight is 274 g/mol. The SMILES string of the molecule is CCC1CCC(NCc2ccc(C(=O)NC)cc2)C1C. The van der Waals surface area contributed by atoms with Gasteiger partial charge in [-0.3, -0.25) is 4.79 Å². The summed E-state index contributed by atoms with van der Waals surface area (Å²) in [4.78, 5) is 11.5. The molecule has 1 aliphatic carbocycles. The molecule has 1 aliphatic rings. The lowest BCUT2D eigenvalue weighted by atomic mass is 9.93. The molecule has 0 aromatic heterocycles. The van der Waals surface area contributed by atoms with Crippen LogP contribution < -0.4 is 10.6 Å². The summed E-state index contributed by atoms with van der Waals surface area (Å²) in [5, 5.41) is 6.31. The zero-order valence-electron chi connectivity index (χ0n) is 12.8. The Hall–Kier alpha value is -1.35. The minimum absolute atomic E-state index is 0.0280. The summed E-state index contributed by atoms with van der Waals surface area (Å²) in [6.07, 6.45) is 3.93. The first-order valence-corrected chi connectivity index (χ1v) is 7.70. The van der Waals surface area contributed by atoms with Crippen LogP contribution in [0, 0.1) is 11.8 Å². The van der Waals surface area contributed by atoms with Crippen molar-refractivity contribution >= 4 is 5.91 Å². The number of hydrogen-bond donors (Lipinski definition) is 2. The minimum atomic E-state index is -0.0280. The summed E-state index contributed by atoms with van der Waals surface area (Å²) in [7, 11) is 1.66. The molecule has 0 saturated heterocycles. The Balaban J connectivity index is 1.87. The molecule has 1 aromatic carbocycles. The third kappa shape index (κ3) is 3.40. The van der Waals surface area contributed by atoms with Crippen molar-refractivity contribution < 1.29 is 4.79 Å². The summed E-state index contributed by atoms with van der Waals surface area (Å²) < 4.78 is 0. The van der Waals surface area contributed by atoms with Crippen LogP contribution in [0.5, 0.6) is 0 Å². The molecule has 1 saturated carbocycles. The lowest BCUT2D eigenvalue weighted by Crippen LogP contribution is -2.32. The second kappa shape index (κ2) is 6.89. The maximum absolute atomic E-state index is 11.5. The van der Waals surface area contributed by atoms with Gasteiger partial charge in [-0.2, -0.15) is 0 Å². The van der Waals surface area contributed by atoms with E-state index in [4.69, 9.17) is 0 Å². The van der Waals surface area contributed by atoms with E-state index < -0.39 is 0 Å². The first kappa shape index (κ1) is 15.0. The highest BCUT2D eigenvalue weighted by Gasteiger charge is 2.30. The highest BCUT2D eigenvalue weighted by molar-refractivity contribution is 5.93. The van der Waals surface area contributed by atoms with Gasteiger partial charge in [-0.1, -0.05) is 32.4 Å². The van der Waals surface area contributed by atoms with Gasteiger partial charge < -0.3 is 10.6 Å². The van der Waals surface area contributed by atoms with Crippen molar-refractivity contribution in [1.29, 1.82) is 0 Å². The summed E-state index contributed by atoms with van der Waals surface area (Å²) in [5.41, 5.74) is 1.96. The first-order valence-electron chi connectivity index (χ1n) is 7.70. The van der Waals surface area contributed by atoms with E-state index >= 15 is 0 Å². The topological polar surface area (TPSA) is 41.1 Å². The highest BCUT2D eigenvalue weighted by Crippen LogP contribution is 2.33. The predicted molar refractivity (Wildman–Crippen MR) is 82.6 cm³/mol. The number of benzene rings is 1. The fraction of sp³-hybridized carbons (Fsp3) is 0.588. The average Bonchev–Trinajstić information content (AvgIpc) is 2.85. The smallest absolute Gasteiger partial charge is 0.251 e. The molecule has 1 fully saturated rings. The molecule has 20 heavy (non-hydrogen) atoms. The molecular formula is C17H26N2O. The molecule has 0 heterocycles. The normalized spacial score (nSPS) is 25.6.